The number of halogens is 3. The van der Waals surface area contributed by atoms with Crippen LogP contribution in [-0.4, -0.2) is 38.5 Å². The van der Waals surface area contributed by atoms with Crippen LogP contribution in [0.5, 0.6) is 0 Å². The molecule has 0 atom stereocenters. The van der Waals surface area contributed by atoms with Gasteiger partial charge < -0.3 is 10.6 Å². The van der Waals surface area contributed by atoms with E-state index in [2.05, 4.69) is 15.6 Å². The third-order valence-corrected chi connectivity index (χ3v) is 6.19. The van der Waals surface area contributed by atoms with Gasteiger partial charge in [-0.05, 0) is 38.5 Å². The molecular formula is C15H24Cl2IN3O2S. The molecule has 5 nitrogen and oxygen atoms in total. The highest BCUT2D eigenvalue weighted by molar-refractivity contribution is 14.0. The maximum Gasteiger partial charge on any atom is 0.191 e. The Morgan fingerprint density at radius 2 is 1.88 bits per heavy atom. The number of hydrogen-bond donors (Lipinski definition) is 2. The lowest BCUT2D eigenvalue weighted by atomic mass is 10.2. The summed E-state index contributed by atoms with van der Waals surface area (Å²) in [6, 6.07) is 5.24. The highest BCUT2D eigenvalue weighted by Crippen LogP contribution is 2.21. The first-order valence-electron chi connectivity index (χ1n) is 7.22. The number of nitrogens with one attached hydrogen (secondary N) is 2. The zero-order valence-corrected chi connectivity index (χ0v) is 18.8. The molecule has 1 rings (SSSR count). The van der Waals surface area contributed by atoms with Crippen molar-refractivity contribution < 1.29 is 8.42 Å². The highest BCUT2D eigenvalue weighted by Gasteiger charge is 2.30. The molecule has 0 unspecified atom stereocenters. The molecule has 0 saturated carbocycles. The molecule has 1 aromatic carbocycles. The van der Waals surface area contributed by atoms with Gasteiger partial charge in [0.15, 0.2) is 15.8 Å². The van der Waals surface area contributed by atoms with Crippen LogP contribution >= 0.6 is 47.2 Å². The van der Waals surface area contributed by atoms with Gasteiger partial charge in [-0.15, -0.1) is 24.0 Å². The monoisotopic (exact) mass is 507 g/mol. The third-order valence-electron chi connectivity index (χ3n) is 3.45. The molecule has 0 aliphatic rings. The number of hydrogen-bond acceptors (Lipinski definition) is 3. The number of benzene rings is 1. The molecule has 24 heavy (non-hydrogen) atoms. The van der Waals surface area contributed by atoms with Crippen molar-refractivity contribution in [2.75, 3.05) is 19.3 Å². The number of nitrogens with zero attached hydrogens (tertiary/aromatic N) is 1. The molecule has 0 aliphatic carbocycles. The minimum absolute atomic E-state index is 0. The quantitative estimate of drug-likeness (QED) is 0.351. The Kier molecular flexibility index (Phi) is 9.93. The zero-order valence-electron chi connectivity index (χ0n) is 14.2. The van der Waals surface area contributed by atoms with E-state index in [9.17, 15) is 8.42 Å². The largest absolute Gasteiger partial charge is 0.357 e. The predicted octanol–water partition coefficient (Wildman–Crippen LogP) is 3.49. The maximum absolute atomic E-state index is 11.7. The summed E-state index contributed by atoms with van der Waals surface area (Å²) in [5.74, 6) is 0.537. The van der Waals surface area contributed by atoms with Crippen molar-refractivity contribution in [3.05, 3.63) is 33.8 Å². The molecule has 1 aromatic rings. The lowest BCUT2D eigenvalue weighted by molar-refractivity contribution is 0.544. The molecule has 9 heteroatoms. The van der Waals surface area contributed by atoms with Crippen molar-refractivity contribution in [3.8, 4) is 0 Å². The van der Waals surface area contributed by atoms with Crippen LogP contribution in [0.25, 0.3) is 0 Å². The smallest absolute Gasteiger partial charge is 0.191 e. The summed E-state index contributed by atoms with van der Waals surface area (Å²) in [5, 5.41) is 7.26. The molecular weight excluding hydrogens is 484 g/mol. The Hall–Kier alpha value is -0.250. The van der Waals surface area contributed by atoms with E-state index in [0.717, 1.165) is 5.56 Å². The molecule has 0 radical (unpaired) electrons. The Morgan fingerprint density at radius 1 is 1.25 bits per heavy atom. The minimum Gasteiger partial charge on any atom is -0.357 e. The first-order valence-corrected chi connectivity index (χ1v) is 9.87. The molecule has 0 aromatic heterocycles. The van der Waals surface area contributed by atoms with Gasteiger partial charge in [0, 0.05) is 29.4 Å². The van der Waals surface area contributed by atoms with Gasteiger partial charge in [-0.1, -0.05) is 29.3 Å². The Morgan fingerprint density at radius 3 is 2.38 bits per heavy atom. The van der Waals surface area contributed by atoms with Gasteiger partial charge in [-0.25, -0.2) is 13.4 Å². The van der Waals surface area contributed by atoms with Gasteiger partial charge in [-0.3, -0.25) is 0 Å². The van der Waals surface area contributed by atoms with Crippen LogP contribution in [0.15, 0.2) is 23.2 Å². The van der Waals surface area contributed by atoms with Crippen molar-refractivity contribution >= 4 is 63.0 Å². The summed E-state index contributed by atoms with van der Waals surface area (Å²) >= 11 is 12.0. The number of rotatable bonds is 6. The molecule has 2 N–H and O–H groups in total. The lowest BCUT2D eigenvalue weighted by Crippen LogP contribution is -2.47. The van der Waals surface area contributed by atoms with Gasteiger partial charge in [0.2, 0.25) is 0 Å². The molecule has 0 fully saturated rings. The second kappa shape index (κ2) is 10.0. The van der Waals surface area contributed by atoms with Gasteiger partial charge in [0.25, 0.3) is 0 Å². The maximum atomic E-state index is 11.7. The van der Waals surface area contributed by atoms with E-state index in [1.807, 2.05) is 13.0 Å². The SMILES string of the molecule is CCNC(=NCc1ccc(Cl)cc1Cl)NCC(C)(C)S(C)(=O)=O.I. The van der Waals surface area contributed by atoms with Crippen molar-refractivity contribution in [2.24, 2.45) is 4.99 Å². The Bertz CT molecular complexity index is 679. The van der Waals surface area contributed by atoms with Crippen molar-refractivity contribution in [3.63, 3.8) is 0 Å². The van der Waals surface area contributed by atoms with Gasteiger partial charge >= 0.3 is 0 Å². The number of guanidine groups is 1. The Labute approximate surface area is 171 Å². The van der Waals surface area contributed by atoms with Gasteiger partial charge in [-0.2, -0.15) is 0 Å². The highest BCUT2D eigenvalue weighted by atomic mass is 127. The number of aliphatic imine (C=N–C) groups is 1. The van der Waals surface area contributed by atoms with Crippen LogP contribution in [0.4, 0.5) is 0 Å². The fraction of sp³-hybridized carbons (Fsp3) is 0.533. The van der Waals surface area contributed by atoms with Gasteiger partial charge in [0.05, 0.1) is 11.3 Å². The zero-order chi connectivity index (χ0) is 17.7. The average molecular weight is 508 g/mol. The fourth-order valence-electron chi connectivity index (χ4n) is 1.58. The molecule has 0 heterocycles. The average Bonchev–Trinajstić information content (AvgIpc) is 2.42. The standard InChI is InChI=1S/C15H23Cl2N3O2S.HI/c1-5-18-14(20-10-15(2,3)23(4,21)22)19-9-11-6-7-12(16)8-13(11)17;/h6-8H,5,9-10H2,1-4H3,(H2,18,19,20);1H. The lowest BCUT2D eigenvalue weighted by Gasteiger charge is -2.24. The van der Waals surface area contributed by atoms with Crippen LogP contribution < -0.4 is 10.6 Å². The van der Waals surface area contributed by atoms with E-state index in [0.29, 0.717) is 29.1 Å². The van der Waals surface area contributed by atoms with Crippen LogP contribution in [0, 0.1) is 0 Å². The predicted molar refractivity (Wildman–Crippen MR) is 114 cm³/mol. The molecule has 0 aliphatic heterocycles. The van der Waals surface area contributed by atoms with E-state index >= 15 is 0 Å². The van der Waals surface area contributed by atoms with Crippen LogP contribution in [0.1, 0.15) is 26.3 Å². The number of sulfone groups is 1. The van der Waals surface area contributed by atoms with Crippen molar-refractivity contribution in [1.82, 2.24) is 10.6 Å². The topological polar surface area (TPSA) is 70.6 Å². The summed E-state index contributed by atoms with van der Waals surface area (Å²) in [5.41, 5.74) is 0.843. The first-order chi connectivity index (χ1) is 10.6. The second-order valence-corrected chi connectivity index (χ2v) is 9.31. The molecule has 0 saturated heterocycles. The van der Waals surface area contributed by atoms with Crippen molar-refractivity contribution in [2.45, 2.75) is 32.1 Å². The summed E-state index contributed by atoms with van der Waals surface area (Å²) in [7, 11) is -3.17. The second-order valence-electron chi connectivity index (χ2n) is 5.82. The minimum atomic E-state index is -3.17. The summed E-state index contributed by atoms with van der Waals surface area (Å²) in [6.07, 6.45) is 1.23. The van der Waals surface area contributed by atoms with Crippen LogP contribution in [0.3, 0.4) is 0 Å². The van der Waals surface area contributed by atoms with E-state index in [1.54, 1.807) is 26.0 Å². The molecule has 0 amide bonds. The summed E-state index contributed by atoms with van der Waals surface area (Å²) in [4.78, 5) is 4.43. The van der Waals surface area contributed by atoms with Gasteiger partial charge in [0.1, 0.15) is 0 Å². The molecule has 0 bridgehead atoms. The first kappa shape index (κ1) is 23.8. The normalized spacial score (nSPS) is 12.5. The van der Waals surface area contributed by atoms with Crippen molar-refractivity contribution in [1.29, 1.82) is 0 Å². The van der Waals surface area contributed by atoms with E-state index < -0.39 is 14.6 Å². The fourth-order valence-corrected chi connectivity index (χ4v) is 2.39. The summed E-state index contributed by atoms with van der Waals surface area (Å²) in [6.45, 7) is 6.58. The van der Waals surface area contributed by atoms with E-state index in [-0.39, 0.29) is 30.5 Å². The summed E-state index contributed by atoms with van der Waals surface area (Å²) < 4.78 is 22.6. The van der Waals surface area contributed by atoms with E-state index in [4.69, 9.17) is 23.2 Å². The molecule has 0 spiro atoms. The third kappa shape index (κ3) is 7.33. The van der Waals surface area contributed by atoms with E-state index in [1.165, 1.54) is 6.26 Å². The molecule has 138 valence electrons. The Balaban J connectivity index is 0.00000529. The van der Waals surface area contributed by atoms with Crippen LogP contribution in [0.2, 0.25) is 10.0 Å². The van der Waals surface area contributed by atoms with Crippen LogP contribution in [-0.2, 0) is 16.4 Å².